The molecule has 130 valence electrons. The molecule has 2 N–H and O–H groups in total. The lowest BCUT2D eigenvalue weighted by Gasteiger charge is -2.28. The van der Waals surface area contributed by atoms with Crippen LogP contribution in [0.1, 0.15) is 49.9 Å². The van der Waals surface area contributed by atoms with Crippen molar-refractivity contribution < 1.29 is 14.5 Å². The molecule has 0 aromatic heterocycles. The number of rotatable bonds is 5. The molecule has 0 aliphatic heterocycles. The average molecular weight is 333 g/mol. The van der Waals surface area contributed by atoms with Crippen molar-refractivity contribution in [1.82, 2.24) is 10.6 Å². The Hall–Kier alpha value is -2.44. The van der Waals surface area contributed by atoms with Crippen molar-refractivity contribution in [3.05, 3.63) is 39.9 Å². The van der Waals surface area contributed by atoms with E-state index in [0.717, 1.165) is 19.3 Å². The van der Waals surface area contributed by atoms with Crippen LogP contribution < -0.4 is 10.6 Å². The molecule has 0 saturated heterocycles. The summed E-state index contributed by atoms with van der Waals surface area (Å²) in [6.45, 7) is 3.78. The van der Waals surface area contributed by atoms with Crippen molar-refractivity contribution >= 4 is 17.5 Å². The van der Waals surface area contributed by atoms with E-state index in [4.69, 9.17) is 0 Å². The zero-order valence-electron chi connectivity index (χ0n) is 14.0. The minimum Gasteiger partial charge on any atom is -0.352 e. The molecule has 2 rings (SSSR count). The van der Waals surface area contributed by atoms with E-state index in [0.29, 0.717) is 5.92 Å². The van der Waals surface area contributed by atoms with Crippen LogP contribution in [-0.2, 0) is 4.79 Å². The van der Waals surface area contributed by atoms with Crippen LogP contribution in [0.5, 0.6) is 0 Å². The summed E-state index contributed by atoms with van der Waals surface area (Å²) >= 11 is 0. The van der Waals surface area contributed by atoms with E-state index in [9.17, 15) is 19.7 Å². The highest BCUT2D eigenvalue weighted by molar-refractivity contribution is 5.97. The maximum atomic E-state index is 12.2. The molecule has 1 aliphatic rings. The summed E-state index contributed by atoms with van der Waals surface area (Å²) in [5.41, 5.74) is 0.00564. The number of nitrogens with zero attached hydrogens (tertiary/aromatic N) is 1. The Bertz CT molecular complexity index is 632. The fourth-order valence-corrected chi connectivity index (χ4v) is 3.00. The van der Waals surface area contributed by atoms with Gasteiger partial charge in [0.2, 0.25) is 5.91 Å². The predicted molar refractivity (Wildman–Crippen MR) is 89.6 cm³/mol. The maximum absolute atomic E-state index is 12.2. The summed E-state index contributed by atoms with van der Waals surface area (Å²) in [6.07, 6.45) is 4.20. The molecular weight excluding hydrogens is 310 g/mol. The van der Waals surface area contributed by atoms with Crippen LogP contribution in [0.15, 0.2) is 24.3 Å². The molecule has 1 aliphatic carbocycles. The summed E-state index contributed by atoms with van der Waals surface area (Å²) in [4.78, 5) is 34.6. The van der Waals surface area contributed by atoms with Gasteiger partial charge < -0.3 is 10.6 Å². The molecule has 2 amide bonds. The Morgan fingerprint density at radius 2 is 2.08 bits per heavy atom. The molecule has 7 nitrogen and oxygen atoms in total. The molecule has 0 heterocycles. The molecule has 7 heteroatoms. The SMILES string of the molecule is CC1CCCC(NC(=O)C(C)NC(=O)c2cccc([N+](=O)[O-])c2)C1. The third kappa shape index (κ3) is 4.78. The molecule has 1 aromatic rings. The van der Waals surface area contributed by atoms with Gasteiger partial charge in [-0.3, -0.25) is 19.7 Å². The van der Waals surface area contributed by atoms with Gasteiger partial charge >= 0.3 is 0 Å². The van der Waals surface area contributed by atoms with E-state index >= 15 is 0 Å². The largest absolute Gasteiger partial charge is 0.352 e. The molecule has 0 spiro atoms. The molecule has 24 heavy (non-hydrogen) atoms. The number of benzene rings is 1. The molecule has 3 unspecified atom stereocenters. The first-order valence-electron chi connectivity index (χ1n) is 8.22. The second-order valence-corrected chi connectivity index (χ2v) is 6.48. The molecule has 1 saturated carbocycles. The summed E-state index contributed by atoms with van der Waals surface area (Å²) in [5.74, 6) is -0.134. The minimum absolute atomic E-state index is 0.151. The van der Waals surface area contributed by atoms with Crippen LogP contribution in [0.4, 0.5) is 5.69 Å². The number of hydrogen-bond donors (Lipinski definition) is 2. The van der Waals surface area contributed by atoms with Gasteiger partial charge in [0.25, 0.3) is 11.6 Å². The van der Waals surface area contributed by atoms with Crippen LogP contribution in [0.3, 0.4) is 0 Å². The Balaban J connectivity index is 1.92. The van der Waals surface area contributed by atoms with Crippen molar-refractivity contribution in [2.45, 2.75) is 51.6 Å². The van der Waals surface area contributed by atoms with Gasteiger partial charge in [-0.2, -0.15) is 0 Å². The summed E-state index contributed by atoms with van der Waals surface area (Å²) in [7, 11) is 0. The van der Waals surface area contributed by atoms with Gasteiger partial charge in [-0.1, -0.05) is 25.8 Å². The minimum atomic E-state index is -0.700. The number of nitrogens with one attached hydrogen (secondary N) is 2. The third-order valence-electron chi connectivity index (χ3n) is 4.34. The first-order chi connectivity index (χ1) is 11.4. The zero-order valence-corrected chi connectivity index (χ0v) is 14.0. The monoisotopic (exact) mass is 333 g/mol. The molecule has 3 atom stereocenters. The van der Waals surface area contributed by atoms with Gasteiger partial charge in [-0.05, 0) is 31.7 Å². The van der Waals surface area contributed by atoms with Crippen molar-refractivity contribution in [3.8, 4) is 0 Å². The summed E-state index contributed by atoms with van der Waals surface area (Å²) in [6, 6.07) is 4.89. The summed E-state index contributed by atoms with van der Waals surface area (Å²) < 4.78 is 0. The van der Waals surface area contributed by atoms with E-state index in [1.54, 1.807) is 6.92 Å². The molecule has 0 radical (unpaired) electrons. The van der Waals surface area contributed by atoms with E-state index in [-0.39, 0.29) is 23.2 Å². The molecule has 1 fully saturated rings. The summed E-state index contributed by atoms with van der Waals surface area (Å²) in [5, 5.41) is 16.3. The Labute approximate surface area is 141 Å². The van der Waals surface area contributed by atoms with E-state index in [2.05, 4.69) is 17.6 Å². The predicted octanol–water partition coefficient (Wildman–Crippen LogP) is 2.41. The van der Waals surface area contributed by atoms with Gasteiger partial charge in [0.1, 0.15) is 6.04 Å². The number of amides is 2. The van der Waals surface area contributed by atoms with E-state index < -0.39 is 16.9 Å². The Morgan fingerprint density at radius 3 is 2.75 bits per heavy atom. The van der Waals surface area contributed by atoms with Crippen molar-refractivity contribution in [2.75, 3.05) is 0 Å². The quantitative estimate of drug-likeness (QED) is 0.638. The number of carbonyl (C=O) groups is 2. The van der Waals surface area contributed by atoms with Crippen LogP contribution in [0.2, 0.25) is 0 Å². The Morgan fingerprint density at radius 1 is 1.33 bits per heavy atom. The van der Waals surface area contributed by atoms with Gasteiger partial charge in [0, 0.05) is 23.7 Å². The lowest BCUT2D eigenvalue weighted by atomic mass is 9.87. The number of nitro groups is 1. The highest BCUT2D eigenvalue weighted by Crippen LogP contribution is 2.23. The second-order valence-electron chi connectivity index (χ2n) is 6.48. The standard InChI is InChI=1S/C17H23N3O4/c1-11-5-3-7-14(9-11)19-16(21)12(2)18-17(22)13-6-4-8-15(10-13)20(23)24/h4,6,8,10-12,14H,3,5,7,9H2,1-2H3,(H,18,22)(H,19,21). The number of non-ortho nitro benzene ring substituents is 1. The normalized spacial score (nSPS) is 21.6. The second kappa shape index (κ2) is 7.90. The van der Waals surface area contributed by atoms with Crippen molar-refractivity contribution in [3.63, 3.8) is 0 Å². The van der Waals surface area contributed by atoms with Crippen LogP contribution in [0, 0.1) is 16.0 Å². The smallest absolute Gasteiger partial charge is 0.270 e. The highest BCUT2D eigenvalue weighted by Gasteiger charge is 2.24. The van der Waals surface area contributed by atoms with Crippen molar-refractivity contribution in [2.24, 2.45) is 5.92 Å². The van der Waals surface area contributed by atoms with Gasteiger partial charge in [-0.25, -0.2) is 0 Å². The van der Waals surface area contributed by atoms with Crippen molar-refractivity contribution in [1.29, 1.82) is 0 Å². The molecule has 1 aromatic carbocycles. The fraction of sp³-hybridized carbons (Fsp3) is 0.529. The fourth-order valence-electron chi connectivity index (χ4n) is 3.00. The maximum Gasteiger partial charge on any atom is 0.270 e. The van der Waals surface area contributed by atoms with Crippen LogP contribution in [0.25, 0.3) is 0 Å². The topological polar surface area (TPSA) is 101 Å². The lowest BCUT2D eigenvalue weighted by molar-refractivity contribution is -0.384. The van der Waals surface area contributed by atoms with Gasteiger partial charge in [-0.15, -0.1) is 0 Å². The number of nitro benzene ring substituents is 1. The van der Waals surface area contributed by atoms with E-state index in [1.807, 2.05) is 0 Å². The zero-order chi connectivity index (χ0) is 17.7. The van der Waals surface area contributed by atoms with Crippen LogP contribution >= 0.6 is 0 Å². The third-order valence-corrected chi connectivity index (χ3v) is 4.34. The van der Waals surface area contributed by atoms with Crippen LogP contribution in [-0.4, -0.2) is 28.8 Å². The van der Waals surface area contributed by atoms with Gasteiger partial charge in [0.05, 0.1) is 4.92 Å². The average Bonchev–Trinajstić information content (AvgIpc) is 2.54. The molecular formula is C17H23N3O4. The Kier molecular flexibility index (Phi) is 5.89. The molecule has 0 bridgehead atoms. The van der Waals surface area contributed by atoms with E-state index in [1.165, 1.54) is 30.7 Å². The number of hydrogen-bond acceptors (Lipinski definition) is 4. The first kappa shape index (κ1) is 17.9. The first-order valence-corrected chi connectivity index (χ1v) is 8.22. The number of carbonyl (C=O) groups excluding carboxylic acids is 2. The highest BCUT2D eigenvalue weighted by atomic mass is 16.6. The van der Waals surface area contributed by atoms with Gasteiger partial charge in [0.15, 0.2) is 0 Å². The lowest BCUT2D eigenvalue weighted by Crippen LogP contribution is -2.49.